The van der Waals surface area contributed by atoms with E-state index in [4.69, 9.17) is 27.4 Å². The Morgan fingerprint density at radius 2 is 2.20 bits per heavy atom. The molecule has 0 amide bonds. The molecule has 0 rings (SSSR count). The van der Waals surface area contributed by atoms with Gasteiger partial charge in [0.15, 0.2) is 0 Å². The van der Waals surface area contributed by atoms with E-state index in [-0.39, 0.29) is 5.92 Å². The van der Waals surface area contributed by atoms with E-state index >= 15 is 0 Å². The molecule has 0 saturated carbocycles. The van der Waals surface area contributed by atoms with Gasteiger partial charge in [0, 0.05) is 5.92 Å². The topological polar surface area (TPSA) is 23.8 Å². The minimum atomic E-state index is -1.46. The monoisotopic (exact) mass is 195 g/mol. The largest absolute Gasteiger partial charge is 0.237 e. The minimum Gasteiger partial charge on any atom is -0.198 e. The Kier molecular flexibility index (Phi) is 6.20. The second-order valence-electron chi connectivity index (χ2n) is 2.20. The molecule has 4 heteroatoms. The molecule has 0 aliphatic heterocycles. The van der Waals surface area contributed by atoms with Crippen molar-refractivity contribution in [2.45, 2.75) is 25.8 Å². The predicted molar refractivity (Wildman–Crippen MR) is 47.7 cm³/mol. The maximum Gasteiger partial charge on any atom is 0.237 e. The van der Waals surface area contributed by atoms with Gasteiger partial charge >= 0.3 is 0 Å². The Labute approximate surface area is 73.0 Å². The van der Waals surface area contributed by atoms with Crippen molar-refractivity contribution in [3.05, 3.63) is 0 Å². The van der Waals surface area contributed by atoms with Gasteiger partial charge in [-0.1, -0.05) is 6.92 Å². The zero-order chi connectivity index (χ0) is 7.98. The first-order valence-corrected chi connectivity index (χ1v) is 7.69. The molecule has 0 fully saturated rings. The molecule has 1 nitrogen and oxygen atoms in total. The zero-order valence-corrected chi connectivity index (χ0v) is 8.65. The lowest BCUT2D eigenvalue weighted by atomic mass is 10.1. The van der Waals surface area contributed by atoms with Gasteiger partial charge in [0.1, 0.15) is 0 Å². The zero-order valence-electron chi connectivity index (χ0n) is 5.98. The highest BCUT2D eigenvalue weighted by Crippen LogP contribution is 2.14. The summed E-state index contributed by atoms with van der Waals surface area (Å²) in [5, 5.41) is 8.52. The van der Waals surface area contributed by atoms with Gasteiger partial charge in [-0.05, 0) is 18.9 Å². The quantitative estimate of drug-likeness (QED) is 0.500. The van der Waals surface area contributed by atoms with Crippen LogP contribution in [0.25, 0.3) is 0 Å². The molecular formula is C6H11Cl2NSi. The fourth-order valence-electron chi connectivity index (χ4n) is 0.687. The highest BCUT2D eigenvalue weighted by molar-refractivity contribution is 7.33. The fraction of sp³-hybridized carbons (Fsp3) is 0.833. The van der Waals surface area contributed by atoms with Crippen molar-refractivity contribution in [3.8, 4) is 6.07 Å². The van der Waals surface area contributed by atoms with Crippen LogP contribution in [0, 0.1) is 17.2 Å². The van der Waals surface area contributed by atoms with E-state index in [0.29, 0.717) is 0 Å². The molecule has 0 spiro atoms. The molecule has 0 aliphatic rings. The van der Waals surface area contributed by atoms with Crippen molar-refractivity contribution < 1.29 is 0 Å². The molecule has 1 unspecified atom stereocenters. The molecule has 0 heterocycles. The number of nitrogens with zero attached hydrogens (tertiary/aromatic N) is 1. The van der Waals surface area contributed by atoms with Crippen LogP contribution < -0.4 is 0 Å². The van der Waals surface area contributed by atoms with Crippen LogP contribution >= 0.6 is 22.2 Å². The Hall–Kier alpha value is 0.287. The first-order valence-electron chi connectivity index (χ1n) is 3.38. The van der Waals surface area contributed by atoms with Crippen LogP contribution in [0.15, 0.2) is 0 Å². The molecule has 1 atom stereocenters. The van der Waals surface area contributed by atoms with E-state index in [2.05, 4.69) is 6.07 Å². The highest BCUT2D eigenvalue weighted by Gasteiger charge is 2.08. The third-order valence-electron chi connectivity index (χ3n) is 1.41. The molecule has 0 saturated heterocycles. The van der Waals surface area contributed by atoms with E-state index in [9.17, 15) is 0 Å². The van der Waals surface area contributed by atoms with Crippen molar-refractivity contribution >= 4 is 29.6 Å². The summed E-state index contributed by atoms with van der Waals surface area (Å²) in [5.41, 5.74) is 0. The number of hydrogen-bond acceptors (Lipinski definition) is 1. The summed E-state index contributed by atoms with van der Waals surface area (Å²) < 4.78 is 0. The number of halogens is 2. The number of rotatable bonds is 4. The summed E-state index contributed by atoms with van der Waals surface area (Å²) in [6.45, 7) is 2.01. The maximum absolute atomic E-state index is 8.52. The molecule has 0 aliphatic carbocycles. The molecule has 0 aromatic rings. The van der Waals surface area contributed by atoms with Crippen LogP contribution in [0.1, 0.15) is 19.8 Å². The van der Waals surface area contributed by atoms with Crippen LogP contribution in [0.5, 0.6) is 0 Å². The Morgan fingerprint density at radius 3 is 2.50 bits per heavy atom. The Morgan fingerprint density at radius 1 is 1.60 bits per heavy atom. The second-order valence-corrected chi connectivity index (χ2v) is 7.39. The summed E-state index contributed by atoms with van der Waals surface area (Å²) in [6.07, 6.45) is 1.78. The summed E-state index contributed by atoms with van der Waals surface area (Å²) in [7, 11) is -1.46. The van der Waals surface area contributed by atoms with E-state index in [0.717, 1.165) is 18.9 Å². The molecule has 0 N–H and O–H groups in total. The average molecular weight is 196 g/mol. The van der Waals surface area contributed by atoms with E-state index in [1.165, 1.54) is 0 Å². The third kappa shape index (κ3) is 5.10. The van der Waals surface area contributed by atoms with Gasteiger partial charge in [0.05, 0.1) is 6.07 Å². The average Bonchev–Trinajstić information content (AvgIpc) is 1.90. The standard InChI is InChI=1S/C6H11Cl2NSi/c1-2-6(5-9)3-4-10(7)8/h6,10H,2-4H2,1H3. The first-order chi connectivity index (χ1) is 4.70. The Bertz CT molecular complexity index is 121. The lowest BCUT2D eigenvalue weighted by molar-refractivity contribution is 0.618. The van der Waals surface area contributed by atoms with Gasteiger partial charge in [-0.2, -0.15) is 27.4 Å². The van der Waals surface area contributed by atoms with Crippen molar-refractivity contribution in [1.29, 1.82) is 5.26 Å². The van der Waals surface area contributed by atoms with Gasteiger partial charge in [-0.3, -0.25) is 0 Å². The van der Waals surface area contributed by atoms with Crippen LogP contribution in [-0.2, 0) is 0 Å². The van der Waals surface area contributed by atoms with Crippen molar-refractivity contribution in [2.24, 2.45) is 5.92 Å². The molecular weight excluding hydrogens is 185 g/mol. The van der Waals surface area contributed by atoms with Crippen molar-refractivity contribution in [3.63, 3.8) is 0 Å². The molecule has 58 valence electrons. The minimum absolute atomic E-state index is 0.160. The van der Waals surface area contributed by atoms with Gasteiger partial charge in [-0.15, -0.1) is 0 Å². The van der Waals surface area contributed by atoms with Gasteiger partial charge in [-0.25, -0.2) is 0 Å². The third-order valence-corrected chi connectivity index (χ3v) is 3.49. The van der Waals surface area contributed by atoms with Crippen LogP contribution in [-0.4, -0.2) is 7.42 Å². The van der Waals surface area contributed by atoms with Gasteiger partial charge in [0.25, 0.3) is 0 Å². The molecule has 0 bridgehead atoms. The summed E-state index contributed by atoms with van der Waals surface area (Å²) in [4.78, 5) is 0. The SMILES string of the molecule is CCC(C#N)CC[SiH](Cl)Cl. The smallest absolute Gasteiger partial charge is 0.198 e. The summed E-state index contributed by atoms with van der Waals surface area (Å²) >= 11 is 11.3. The van der Waals surface area contributed by atoms with E-state index in [1.807, 2.05) is 6.92 Å². The predicted octanol–water partition coefficient (Wildman–Crippen LogP) is 2.62. The van der Waals surface area contributed by atoms with Crippen LogP contribution in [0.4, 0.5) is 0 Å². The van der Waals surface area contributed by atoms with E-state index in [1.54, 1.807) is 0 Å². The maximum atomic E-state index is 8.52. The number of nitriles is 1. The number of hydrogen-bond donors (Lipinski definition) is 0. The molecule has 0 aromatic carbocycles. The fourth-order valence-corrected chi connectivity index (χ4v) is 2.10. The summed E-state index contributed by atoms with van der Waals surface area (Å²) in [6, 6.07) is 3.07. The first kappa shape index (κ1) is 10.3. The molecule has 0 aromatic heterocycles. The molecule has 10 heavy (non-hydrogen) atoms. The van der Waals surface area contributed by atoms with Crippen LogP contribution in [0.3, 0.4) is 0 Å². The van der Waals surface area contributed by atoms with Gasteiger partial charge in [0.2, 0.25) is 7.42 Å². The normalized spacial score (nSPS) is 13.1. The lowest BCUT2D eigenvalue weighted by Crippen LogP contribution is -1.99. The van der Waals surface area contributed by atoms with Crippen LogP contribution in [0.2, 0.25) is 6.04 Å². The van der Waals surface area contributed by atoms with Crippen molar-refractivity contribution in [2.75, 3.05) is 0 Å². The highest BCUT2D eigenvalue weighted by atomic mass is 35.7. The molecule has 0 radical (unpaired) electrons. The van der Waals surface area contributed by atoms with Crippen molar-refractivity contribution in [1.82, 2.24) is 0 Å². The van der Waals surface area contributed by atoms with E-state index < -0.39 is 7.42 Å². The van der Waals surface area contributed by atoms with Gasteiger partial charge < -0.3 is 0 Å². The summed E-state index contributed by atoms with van der Waals surface area (Å²) in [5.74, 6) is 0.160. The lowest BCUT2D eigenvalue weighted by Gasteiger charge is -2.03. The second kappa shape index (κ2) is 6.03. The Balaban J connectivity index is 3.38.